The van der Waals surface area contributed by atoms with Gasteiger partial charge in [-0.15, -0.1) is 0 Å². The van der Waals surface area contributed by atoms with Crippen molar-refractivity contribution in [1.82, 2.24) is 10.6 Å². The fourth-order valence-electron chi connectivity index (χ4n) is 1.72. The van der Waals surface area contributed by atoms with Crippen LogP contribution in [0.1, 0.15) is 24.2 Å². The quantitative estimate of drug-likeness (QED) is 0.663. The van der Waals surface area contributed by atoms with Gasteiger partial charge in [0.05, 0.1) is 18.7 Å². The average Bonchev–Trinajstić information content (AvgIpc) is 2.36. The van der Waals surface area contributed by atoms with Gasteiger partial charge in [-0.05, 0) is 38.1 Å². The van der Waals surface area contributed by atoms with Crippen molar-refractivity contribution in [2.45, 2.75) is 19.4 Å². The molecule has 0 aromatic heterocycles. The molecule has 0 heterocycles. The van der Waals surface area contributed by atoms with E-state index in [0.717, 1.165) is 0 Å². The molecule has 0 radical (unpaired) electrons. The Morgan fingerprint density at radius 1 is 1.25 bits per heavy atom. The van der Waals surface area contributed by atoms with E-state index < -0.39 is 5.54 Å². The third kappa shape index (κ3) is 5.27. The predicted octanol–water partition coefficient (Wildman–Crippen LogP) is 0.540. The molecule has 1 rings (SSSR count). The van der Waals surface area contributed by atoms with Crippen LogP contribution >= 0.6 is 0 Å². The summed E-state index contributed by atoms with van der Waals surface area (Å²) in [6, 6.07) is 6.49. The minimum atomic E-state index is -0.474. The number of amides is 2. The van der Waals surface area contributed by atoms with Crippen LogP contribution in [0.2, 0.25) is 0 Å². The summed E-state index contributed by atoms with van der Waals surface area (Å²) in [6.07, 6.45) is 0. The standard InChI is InChI=1S/C14H21N3O3/c1-14(2,9-20-3)17-12(18)8-16-13(19)10-4-6-11(15)7-5-10/h4-7H,8-9,15H2,1-3H3,(H,16,19)(H,17,18). The van der Waals surface area contributed by atoms with Crippen LogP contribution in [0.15, 0.2) is 24.3 Å². The molecule has 0 saturated carbocycles. The first kappa shape index (κ1) is 16.0. The Balaban J connectivity index is 2.45. The van der Waals surface area contributed by atoms with Crippen molar-refractivity contribution < 1.29 is 14.3 Å². The number of methoxy groups -OCH3 is 1. The Morgan fingerprint density at radius 3 is 2.40 bits per heavy atom. The van der Waals surface area contributed by atoms with Crippen molar-refractivity contribution in [2.75, 3.05) is 26.0 Å². The van der Waals surface area contributed by atoms with E-state index in [-0.39, 0.29) is 18.4 Å². The number of benzene rings is 1. The lowest BCUT2D eigenvalue weighted by atomic mass is 10.1. The molecule has 0 fully saturated rings. The van der Waals surface area contributed by atoms with Gasteiger partial charge in [-0.1, -0.05) is 0 Å². The summed E-state index contributed by atoms with van der Waals surface area (Å²) in [5, 5.41) is 5.32. The second-order valence-electron chi connectivity index (χ2n) is 5.17. The highest BCUT2D eigenvalue weighted by Crippen LogP contribution is 2.05. The van der Waals surface area contributed by atoms with Crippen LogP contribution in [0, 0.1) is 0 Å². The number of carbonyl (C=O) groups excluding carboxylic acids is 2. The smallest absolute Gasteiger partial charge is 0.251 e. The monoisotopic (exact) mass is 279 g/mol. The number of ether oxygens (including phenoxy) is 1. The molecule has 2 amide bonds. The third-order valence-electron chi connectivity index (χ3n) is 2.57. The zero-order chi connectivity index (χ0) is 15.2. The van der Waals surface area contributed by atoms with Crippen molar-refractivity contribution >= 4 is 17.5 Å². The molecular formula is C14H21N3O3. The molecule has 1 aromatic carbocycles. The molecule has 110 valence electrons. The summed E-state index contributed by atoms with van der Waals surface area (Å²) in [4.78, 5) is 23.5. The normalized spacial score (nSPS) is 10.9. The van der Waals surface area contributed by atoms with Crippen molar-refractivity contribution in [1.29, 1.82) is 0 Å². The second-order valence-corrected chi connectivity index (χ2v) is 5.17. The molecular weight excluding hydrogens is 258 g/mol. The van der Waals surface area contributed by atoms with E-state index in [4.69, 9.17) is 10.5 Å². The summed E-state index contributed by atoms with van der Waals surface area (Å²) in [5.74, 6) is -0.583. The summed E-state index contributed by atoms with van der Waals surface area (Å²) in [6.45, 7) is 3.99. The Labute approximate surface area is 118 Å². The predicted molar refractivity (Wildman–Crippen MR) is 77.3 cm³/mol. The Kier molecular flexibility index (Phi) is 5.52. The third-order valence-corrected chi connectivity index (χ3v) is 2.57. The molecule has 20 heavy (non-hydrogen) atoms. The molecule has 0 saturated heterocycles. The zero-order valence-electron chi connectivity index (χ0n) is 12.0. The minimum Gasteiger partial charge on any atom is -0.399 e. The molecule has 6 heteroatoms. The number of carbonyl (C=O) groups is 2. The highest BCUT2D eigenvalue weighted by Gasteiger charge is 2.20. The van der Waals surface area contributed by atoms with E-state index in [0.29, 0.717) is 17.9 Å². The molecule has 0 aliphatic carbocycles. The Bertz CT molecular complexity index is 469. The molecule has 0 aliphatic heterocycles. The van der Waals surface area contributed by atoms with E-state index in [1.54, 1.807) is 31.4 Å². The van der Waals surface area contributed by atoms with E-state index >= 15 is 0 Å². The topological polar surface area (TPSA) is 93.5 Å². The van der Waals surface area contributed by atoms with Gasteiger partial charge in [0, 0.05) is 18.4 Å². The molecule has 0 aliphatic rings. The fraction of sp³-hybridized carbons (Fsp3) is 0.429. The maximum Gasteiger partial charge on any atom is 0.251 e. The first-order chi connectivity index (χ1) is 9.34. The number of anilines is 1. The van der Waals surface area contributed by atoms with Crippen LogP contribution in [-0.4, -0.2) is 37.6 Å². The van der Waals surface area contributed by atoms with Gasteiger partial charge in [-0.2, -0.15) is 0 Å². The van der Waals surface area contributed by atoms with E-state index in [2.05, 4.69) is 10.6 Å². The first-order valence-corrected chi connectivity index (χ1v) is 6.28. The van der Waals surface area contributed by atoms with E-state index in [1.807, 2.05) is 13.8 Å². The van der Waals surface area contributed by atoms with Gasteiger partial charge in [-0.25, -0.2) is 0 Å². The van der Waals surface area contributed by atoms with Crippen molar-refractivity contribution in [3.8, 4) is 0 Å². The number of nitrogens with two attached hydrogens (primary N) is 1. The number of hydrogen-bond acceptors (Lipinski definition) is 4. The Morgan fingerprint density at radius 2 is 1.85 bits per heavy atom. The molecule has 0 unspecified atom stereocenters. The summed E-state index contributed by atoms with van der Waals surface area (Å²) >= 11 is 0. The minimum absolute atomic E-state index is 0.0870. The molecule has 4 N–H and O–H groups in total. The number of nitrogens with one attached hydrogen (secondary N) is 2. The molecule has 0 bridgehead atoms. The molecule has 6 nitrogen and oxygen atoms in total. The van der Waals surface area contributed by atoms with Gasteiger partial charge < -0.3 is 21.1 Å². The molecule has 1 aromatic rings. The maximum atomic E-state index is 11.8. The lowest BCUT2D eigenvalue weighted by Crippen LogP contribution is -2.50. The van der Waals surface area contributed by atoms with Gasteiger partial charge in [0.15, 0.2) is 0 Å². The summed E-state index contributed by atoms with van der Waals surface area (Å²) < 4.78 is 5.00. The second kappa shape index (κ2) is 6.91. The fourth-order valence-corrected chi connectivity index (χ4v) is 1.72. The lowest BCUT2D eigenvalue weighted by Gasteiger charge is -2.25. The van der Waals surface area contributed by atoms with E-state index in [9.17, 15) is 9.59 Å². The van der Waals surface area contributed by atoms with Crippen molar-refractivity contribution in [2.24, 2.45) is 0 Å². The van der Waals surface area contributed by atoms with Crippen LogP contribution in [-0.2, 0) is 9.53 Å². The highest BCUT2D eigenvalue weighted by atomic mass is 16.5. The first-order valence-electron chi connectivity index (χ1n) is 6.28. The summed E-state index contributed by atoms with van der Waals surface area (Å²) in [7, 11) is 1.57. The van der Waals surface area contributed by atoms with Crippen LogP contribution in [0.3, 0.4) is 0 Å². The van der Waals surface area contributed by atoms with Gasteiger partial charge in [0.1, 0.15) is 0 Å². The van der Waals surface area contributed by atoms with E-state index in [1.165, 1.54) is 0 Å². The zero-order valence-corrected chi connectivity index (χ0v) is 12.0. The maximum absolute atomic E-state index is 11.8. The van der Waals surface area contributed by atoms with Crippen LogP contribution in [0.4, 0.5) is 5.69 Å². The van der Waals surface area contributed by atoms with Crippen LogP contribution in [0.5, 0.6) is 0 Å². The van der Waals surface area contributed by atoms with Crippen LogP contribution in [0.25, 0.3) is 0 Å². The Hall–Kier alpha value is -2.08. The van der Waals surface area contributed by atoms with Gasteiger partial charge in [-0.3, -0.25) is 9.59 Å². The highest BCUT2D eigenvalue weighted by molar-refractivity contribution is 5.96. The number of nitrogen functional groups attached to an aromatic ring is 1. The summed E-state index contributed by atoms with van der Waals surface area (Å²) in [5.41, 5.74) is 6.11. The average molecular weight is 279 g/mol. The lowest BCUT2D eigenvalue weighted by molar-refractivity contribution is -0.122. The van der Waals surface area contributed by atoms with Crippen LogP contribution < -0.4 is 16.4 Å². The largest absolute Gasteiger partial charge is 0.399 e. The number of rotatable bonds is 6. The number of hydrogen-bond donors (Lipinski definition) is 3. The molecule has 0 spiro atoms. The van der Waals surface area contributed by atoms with Crippen molar-refractivity contribution in [3.05, 3.63) is 29.8 Å². The van der Waals surface area contributed by atoms with Gasteiger partial charge in [0.2, 0.25) is 5.91 Å². The van der Waals surface area contributed by atoms with Gasteiger partial charge in [0.25, 0.3) is 5.91 Å². The molecule has 0 atom stereocenters. The van der Waals surface area contributed by atoms with Gasteiger partial charge >= 0.3 is 0 Å². The SMILES string of the molecule is COCC(C)(C)NC(=O)CNC(=O)c1ccc(N)cc1. The van der Waals surface area contributed by atoms with Crippen molar-refractivity contribution in [3.63, 3.8) is 0 Å².